The van der Waals surface area contributed by atoms with Crippen molar-refractivity contribution in [1.82, 2.24) is 10.6 Å². The maximum Gasteiger partial charge on any atom is 0.407 e. The molecule has 21 heavy (non-hydrogen) atoms. The molecule has 0 aromatic heterocycles. The minimum absolute atomic E-state index is 0.118. The van der Waals surface area contributed by atoms with Crippen molar-refractivity contribution < 1.29 is 9.53 Å². The maximum atomic E-state index is 11.2. The van der Waals surface area contributed by atoms with Crippen LogP contribution < -0.4 is 15.5 Å². The van der Waals surface area contributed by atoms with Gasteiger partial charge in [-0.2, -0.15) is 0 Å². The summed E-state index contributed by atoms with van der Waals surface area (Å²) in [5.74, 6) is 0. The molecule has 1 aliphatic rings. The first-order valence-electron chi connectivity index (χ1n) is 7.11. The van der Waals surface area contributed by atoms with Crippen molar-refractivity contribution in [2.45, 2.75) is 25.4 Å². The van der Waals surface area contributed by atoms with E-state index in [1.165, 1.54) is 7.11 Å². The van der Waals surface area contributed by atoms with E-state index in [1.54, 1.807) is 0 Å². The Hall–Kier alpha value is -1.46. The second-order valence-electron chi connectivity index (χ2n) is 5.28. The van der Waals surface area contributed by atoms with Gasteiger partial charge >= 0.3 is 6.09 Å². The number of hydrogen-bond acceptors (Lipinski definition) is 4. The van der Waals surface area contributed by atoms with E-state index in [4.69, 9.17) is 11.6 Å². The van der Waals surface area contributed by atoms with Gasteiger partial charge in [-0.05, 0) is 38.1 Å². The van der Waals surface area contributed by atoms with Gasteiger partial charge in [0.25, 0.3) is 0 Å². The van der Waals surface area contributed by atoms with Crippen molar-refractivity contribution in [3.8, 4) is 0 Å². The van der Waals surface area contributed by atoms with Crippen molar-refractivity contribution in [3.05, 3.63) is 28.8 Å². The zero-order valence-corrected chi connectivity index (χ0v) is 13.4. The summed E-state index contributed by atoms with van der Waals surface area (Å²) in [5.41, 5.74) is 2.17. The molecule has 2 rings (SSSR count). The highest BCUT2D eigenvalue weighted by Crippen LogP contribution is 2.29. The third-order valence-electron chi connectivity index (χ3n) is 3.94. The summed E-state index contributed by atoms with van der Waals surface area (Å²) in [5, 5.41) is 6.79. The minimum Gasteiger partial charge on any atom is -0.453 e. The lowest BCUT2D eigenvalue weighted by molar-refractivity contribution is 0.167. The van der Waals surface area contributed by atoms with Gasteiger partial charge in [-0.15, -0.1) is 0 Å². The van der Waals surface area contributed by atoms with Crippen LogP contribution in [0.3, 0.4) is 0 Å². The summed E-state index contributed by atoms with van der Waals surface area (Å²) in [6, 6.07) is 6.46. The lowest BCUT2D eigenvalue weighted by atomic mass is 10.1. The number of rotatable bonds is 4. The number of carbonyl (C=O) groups is 1. The molecular formula is C15H22ClN3O2. The third kappa shape index (κ3) is 3.80. The van der Waals surface area contributed by atoms with Crippen molar-refractivity contribution in [2.24, 2.45) is 0 Å². The molecule has 1 aromatic rings. The molecule has 2 atom stereocenters. The third-order valence-corrected chi connectivity index (χ3v) is 4.27. The van der Waals surface area contributed by atoms with Crippen LogP contribution in [0.2, 0.25) is 5.02 Å². The first-order valence-corrected chi connectivity index (χ1v) is 7.49. The van der Waals surface area contributed by atoms with Gasteiger partial charge in [0.2, 0.25) is 0 Å². The van der Waals surface area contributed by atoms with Gasteiger partial charge in [0.15, 0.2) is 0 Å². The number of nitrogens with zero attached hydrogens (tertiary/aromatic N) is 1. The number of carbonyl (C=O) groups excluding carboxylic acids is 1. The molecule has 1 amide bonds. The van der Waals surface area contributed by atoms with Gasteiger partial charge in [0, 0.05) is 29.8 Å². The number of benzene rings is 1. The Morgan fingerprint density at radius 3 is 2.90 bits per heavy atom. The monoisotopic (exact) mass is 311 g/mol. The van der Waals surface area contributed by atoms with E-state index >= 15 is 0 Å². The minimum atomic E-state index is -0.377. The Balaban J connectivity index is 2.03. The zero-order chi connectivity index (χ0) is 15.4. The number of halogens is 1. The zero-order valence-electron chi connectivity index (χ0n) is 12.6. The molecule has 116 valence electrons. The van der Waals surface area contributed by atoms with Crippen LogP contribution in [-0.2, 0) is 4.74 Å². The average Bonchev–Trinajstić information content (AvgIpc) is 2.94. The number of hydrogen-bond donors (Lipinski definition) is 2. The van der Waals surface area contributed by atoms with E-state index in [-0.39, 0.29) is 18.2 Å². The summed E-state index contributed by atoms with van der Waals surface area (Å²) < 4.78 is 4.63. The largest absolute Gasteiger partial charge is 0.453 e. The lowest BCUT2D eigenvalue weighted by Crippen LogP contribution is -2.36. The first kappa shape index (κ1) is 15.9. The summed E-state index contributed by atoms with van der Waals surface area (Å²) in [6.07, 6.45) is 0.527. The molecule has 0 bridgehead atoms. The number of alkyl carbamates (subject to hydrolysis) is 1. The van der Waals surface area contributed by atoms with Crippen molar-refractivity contribution in [3.63, 3.8) is 0 Å². The molecule has 0 saturated carbocycles. The van der Waals surface area contributed by atoms with E-state index < -0.39 is 0 Å². The summed E-state index contributed by atoms with van der Waals surface area (Å²) in [6.45, 7) is 3.74. The Morgan fingerprint density at radius 2 is 2.29 bits per heavy atom. The van der Waals surface area contributed by atoms with E-state index in [0.717, 1.165) is 35.8 Å². The number of ether oxygens (including phenoxy) is 1. The van der Waals surface area contributed by atoms with Gasteiger partial charge in [0.1, 0.15) is 0 Å². The van der Waals surface area contributed by atoms with Crippen LogP contribution in [0.4, 0.5) is 10.5 Å². The fourth-order valence-electron chi connectivity index (χ4n) is 2.56. The Kier molecular flexibility index (Phi) is 5.31. The first-order chi connectivity index (χ1) is 10.0. The van der Waals surface area contributed by atoms with E-state index in [0.29, 0.717) is 0 Å². The number of anilines is 1. The molecule has 0 aliphatic carbocycles. The molecule has 2 N–H and O–H groups in total. The van der Waals surface area contributed by atoms with Crippen LogP contribution in [0.15, 0.2) is 18.2 Å². The number of methoxy groups -OCH3 is 1. The van der Waals surface area contributed by atoms with Crippen molar-refractivity contribution in [1.29, 1.82) is 0 Å². The second kappa shape index (κ2) is 7.00. The fourth-order valence-corrected chi connectivity index (χ4v) is 2.90. The highest BCUT2D eigenvalue weighted by molar-refractivity contribution is 6.31. The van der Waals surface area contributed by atoms with Gasteiger partial charge in [-0.3, -0.25) is 0 Å². The molecule has 0 radical (unpaired) electrons. The highest BCUT2D eigenvalue weighted by Gasteiger charge is 2.24. The molecule has 0 spiro atoms. The van der Waals surface area contributed by atoms with Gasteiger partial charge < -0.3 is 20.3 Å². The number of nitrogens with one attached hydrogen (secondary N) is 2. The maximum absolute atomic E-state index is 11.2. The van der Waals surface area contributed by atoms with E-state index in [2.05, 4.69) is 39.3 Å². The molecule has 1 aromatic carbocycles. The fraction of sp³-hybridized carbons (Fsp3) is 0.533. The molecule has 1 saturated heterocycles. The van der Waals surface area contributed by atoms with E-state index in [9.17, 15) is 4.79 Å². The molecule has 1 fully saturated rings. The molecule has 1 heterocycles. The molecule has 2 unspecified atom stereocenters. The summed E-state index contributed by atoms with van der Waals surface area (Å²) in [7, 11) is 3.29. The Labute approximate surface area is 130 Å². The second-order valence-corrected chi connectivity index (χ2v) is 5.69. The van der Waals surface area contributed by atoms with Crippen LogP contribution in [0, 0.1) is 0 Å². The quantitative estimate of drug-likeness (QED) is 0.897. The SMILES string of the molecule is CNC(C)c1ccc(N2CCC(NC(=O)OC)C2)cc1Cl. The molecular weight excluding hydrogens is 290 g/mol. The standard InChI is InChI=1S/C15H22ClN3O2/c1-10(17-2)13-5-4-12(8-14(13)16)19-7-6-11(9-19)18-15(20)21-3/h4-5,8,10-11,17H,6-7,9H2,1-3H3,(H,18,20). The van der Waals surface area contributed by atoms with Gasteiger partial charge in [-0.25, -0.2) is 4.79 Å². The van der Waals surface area contributed by atoms with Crippen molar-refractivity contribution >= 4 is 23.4 Å². The summed E-state index contributed by atoms with van der Waals surface area (Å²) in [4.78, 5) is 13.5. The van der Waals surface area contributed by atoms with Crippen LogP contribution in [0.1, 0.15) is 24.9 Å². The molecule has 6 heteroatoms. The average molecular weight is 312 g/mol. The smallest absolute Gasteiger partial charge is 0.407 e. The normalized spacial score (nSPS) is 19.4. The molecule has 1 aliphatic heterocycles. The Morgan fingerprint density at radius 1 is 1.52 bits per heavy atom. The Bertz CT molecular complexity index is 510. The predicted molar refractivity (Wildman–Crippen MR) is 85.1 cm³/mol. The highest BCUT2D eigenvalue weighted by atomic mass is 35.5. The topological polar surface area (TPSA) is 53.6 Å². The number of amides is 1. The van der Waals surface area contributed by atoms with E-state index in [1.807, 2.05) is 13.1 Å². The van der Waals surface area contributed by atoms with Crippen molar-refractivity contribution in [2.75, 3.05) is 32.1 Å². The molecule has 5 nitrogen and oxygen atoms in total. The van der Waals surface area contributed by atoms with Gasteiger partial charge in [-0.1, -0.05) is 17.7 Å². The van der Waals surface area contributed by atoms with Crippen LogP contribution in [-0.4, -0.2) is 39.4 Å². The van der Waals surface area contributed by atoms with Crippen LogP contribution >= 0.6 is 11.6 Å². The van der Waals surface area contributed by atoms with Crippen LogP contribution in [0.5, 0.6) is 0 Å². The predicted octanol–water partition coefficient (Wildman–Crippen LogP) is 2.56. The summed E-state index contributed by atoms with van der Waals surface area (Å²) >= 11 is 6.37. The van der Waals surface area contributed by atoms with Crippen LogP contribution in [0.25, 0.3) is 0 Å². The lowest BCUT2D eigenvalue weighted by Gasteiger charge is -2.21. The van der Waals surface area contributed by atoms with Gasteiger partial charge in [0.05, 0.1) is 13.2 Å².